The van der Waals surface area contributed by atoms with Gasteiger partial charge in [0.05, 0.1) is 20.3 Å². The smallest absolute Gasteiger partial charge is 0.167 e. The number of hydrogen-bond acceptors (Lipinski definition) is 6. The number of carbonyl (C=O) groups is 1. The van der Waals surface area contributed by atoms with Gasteiger partial charge in [-0.3, -0.25) is 4.79 Å². The maximum Gasteiger partial charge on any atom is 0.167 e. The van der Waals surface area contributed by atoms with Gasteiger partial charge in [-0.1, -0.05) is 0 Å². The Morgan fingerprint density at radius 2 is 1.95 bits per heavy atom. The molecule has 0 aliphatic carbocycles. The molecule has 0 saturated carbocycles. The number of phenols is 1. The van der Waals surface area contributed by atoms with Crippen LogP contribution in [-0.2, 0) is 0 Å². The fraction of sp³-hybridized carbons (Fsp3) is 0.562. The fourth-order valence-corrected chi connectivity index (χ4v) is 3.09. The first-order valence-electron chi connectivity index (χ1n) is 7.26. The second-order valence-electron chi connectivity index (χ2n) is 5.70. The lowest BCUT2D eigenvalue weighted by atomic mass is 9.84. The van der Waals surface area contributed by atoms with Crippen molar-refractivity contribution in [2.75, 3.05) is 34.4 Å². The van der Waals surface area contributed by atoms with Crippen LogP contribution in [0.15, 0.2) is 6.07 Å². The lowest BCUT2D eigenvalue weighted by molar-refractivity contribution is 0.0618. The van der Waals surface area contributed by atoms with Crippen LogP contribution in [0.5, 0.6) is 17.2 Å². The van der Waals surface area contributed by atoms with Crippen molar-refractivity contribution in [1.82, 2.24) is 4.90 Å². The quantitative estimate of drug-likeness (QED) is 0.818. The number of carbonyl (C=O) groups excluding carboxylic acids is 1. The summed E-state index contributed by atoms with van der Waals surface area (Å²) in [5.74, 6) is -0.0332. The second kappa shape index (κ2) is 6.54. The minimum absolute atomic E-state index is 0.129. The average Bonchev–Trinajstić information content (AvgIpc) is 2.46. The normalized spacial score (nSPS) is 22.4. The minimum atomic E-state index is -0.633. The molecule has 2 rings (SSSR count). The Morgan fingerprint density at radius 1 is 1.32 bits per heavy atom. The van der Waals surface area contributed by atoms with Crippen LogP contribution in [-0.4, -0.2) is 61.4 Å². The number of methoxy groups -OCH3 is 2. The van der Waals surface area contributed by atoms with Crippen molar-refractivity contribution in [3.05, 3.63) is 17.2 Å². The number of aromatic hydroxyl groups is 1. The number of piperidine rings is 1. The van der Waals surface area contributed by atoms with Gasteiger partial charge in [0.1, 0.15) is 22.8 Å². The summed E-state index contributed by atoms with van der Waals surface area (Å²) in [4.78, 5) is 13.9. The Hall–Kier alpha value is -1.79. The molecule has 122 valence electrons. The molecule has 0 spiro atoms. The summed E-state index contributed by atoms with van der Waals surface area (Å²) in [7, 11) is 4.86. The molecule has 22 heavy (non-hydrogen) atoms. The van der Waals surface area contributed by atoms with Crippen molar-refractivity contribution >= 4 is 5.78 Å². The van der Waals surface area contributed by atoms with Crippen molar-refractivity contribution in [3.8, 4) is 17.2 Å². The number of likely N-dealkylation sites (N-methyl/N-ethyl adjacent to an activating group) is 1. The summed E-state index contributed by atoms with van der Waals surface area (Å²) in [6.45, 7) is 2.68. The highest BCUT2D eigenvalue weighted by Gasteiger charge is 2.34. The summed E-state index contributed by atoms with van der Waals surface area (Å²) < 4.78 is 10.5. The molecule has 1 aliphatic rings. The van der Waals surface area contributed by atoms with Crippen LogP contribution >= 0.6 is 0 Å². The number of benzene rings is 1. The third-order valence-corrected chi connectivity index (χ3v) is 4.21. The van der Waals surface area contributed by atoms with Gasteiger partial charge >= 0.3 is 0 Å². The Morgan fingerprint density at radius 3 is 2.45 bits per heavy atom. The number of ether oxygens (including phenoxy) is 2. The second-order valence-corrected chi connectivity index (χ2v) is 5.70. The number of β-amino-alcohol motifs (C(OH)–C–C–N with tert-alkyl or cyclic N) is 1. The first-order chi connectivity index (χ1) is 10.4. The third-order valence-electron chi connectivity index (χ3n) is 4.21. The number of aliphatic hydroxyl groups excluding tert-OH is 1. The van der Waals surface area contributed by atoms with Crippen LogP contribution in [0.2, 0.25) is 0 Å². The number of Topliss-reactive ketones (excluding diaryl/α,β-unsaturated/α-hetero) is 1. The van der Waals surface area contributed by atoms with Gasteiger partial charge in [0.15, 0.2) is 5.78 Å². The van der Waals surface area contributed by atoms with E-state index < -0.39 is 6.10 Å². The predicted octanol–water partition coefficient (Wildman–Crippen LogP) is 1.39. The van der Waals surface area contributed by atoms with E-state index in [0.717, 1.165) is 6.54 Å². The zero-order valence-electron chi connectivity index (χ0n) is 13.4. The van der Waals surface area contributed by atoms with E-state index in [9.17, 15) is 15.0 Å². The van der Waals surface area contributed by atoms with Gasteiger partial charge in [-0.15, -0.1) is 0 Å². The lowest BCUT2D eigenvalue weighted by Crippen LogP contribution is -2.40. The molecular formula is C16H23NO5. The number of nitrogens with zero attached hydrogens (tertiary/aromatic N) is 1. The molecule has 1 heterocycles. The van der Waals surface area contributed by atoms with Crippen molar-refractivity contribution in [2.45, 2.75) is 25.4 Å². The fourth-order valence-electron chi connectivity index (χ4n) is 3.09. The Labute approximate surface area is 130 Å². The van der Waals surface area contributed by atoms with Crippen LogP contribution in [0.1, 0.15) is 35.2 Å². The molecule has 2 N–H and O–H groups in total. The highest BCUT2D eigenvalue weighted by atomic mass is 16.5. The van der Waals surface area contributed by atoms with Crippen molar-refractivity contribution < 1.29 is 24.5 Å². The minimum Gasteiger partial charge on any atom is -0.507 e. The van der Waals surface area contributed by atoms with Gasteiger partial charge in [0.2, 0.25) is 0 Å². The molecule has 0 unspecified atom stereocenters. The number of phenolic OH excluding ortho intramolecular Hbond substituents is 1. The molecule has 6 nitrogen and oxygen atoms in total. The number of hydrogen-bond donors (Lipinski definition) is 2. The number of ketones is 1. The zero-order valence-corrected chi connectivity index (χ0v) is 13.4. The molecule has 0 aromatic heterocycles. The number of rotatable bonds is 4. The Kier molecular flexibility index (Phi) is 4.93. The van der Waals surface area contributed by atoms with E-state index >= 15 is 0 Å². The molecule has 2 atom stereocenters. The molecule has 0 radical (unpaired) electrons. The topological polar surface area (TPSA) is 79.2 Å². The standard InChI is InChI=1S/C16H23NO5/c1-9(18)14-12(21-3)7-13(22-4)15(16(14)20)10-5-6-17(2)8-11(10)19/h7,10-11,19-20H,5-6,8H2,1-4H3/t10-,11+/m0/s1. The average molecular weight is 309 g/mol. The van der Waals surface area contributed by atoms with Gasteiger partial charge in [-0.25, -0.2) is 0 Å². The molecular weight excluding hydrogens is 286 g/mol. The SMILES string of the molecule is COc1cc(OC)c([C@H]2CCN(C)C[C@H]2O)c(O)c1C(C)=O. The third kappa shape index (κ3) is 2.89. The van der Waals surface area contributed by atoms with E-state index in [-0.39, 0.29) is 28.8 Å². The number of aliphatic hydroxyl groups is 1. The maximum atomic E-state index is 11.9. The van der Waals surface area contributed by atoms with Crippen molar-refractivity contribution in [1.29, 1.82) is 0 Å². The van der Waals surface area contributed by atoms with E-state index in [1.165, 1.54) is 21.1 Å². The zero-order chi connectivity index (χ0) is 16.4. The van der Waals surface area contributed by atoms with Crippen LogP contribution in [0.3, 0.4) is 0 Å². The molecule has 0 amide bonds. The molecule has 1 aromatic rings. The Balaban J connectivity index is 2.59. The van der Waals surface area contributed by atoms with Crippen molar-refractivity contribution in [3.63, 3.8) is 0 Å². The summed E-state index contributed by atoms with van der Waals surface area (Å²) in [5.41, 5.74) is 0.610. The summed E-state index contributed by atoms with van der Waals surface area (Å²) in [5, 5.41) is 21.0. The van der Waals surface area contributed by atoms with E-state index in [1.807, 2.05) is 11.9 Å². The number of likely N-dealkylation sites (tertiary alicyclic amines) is 1. The monoisotopic (exact) mass is 309 g/mol. The van der Waals surface area contributed by atoms with Gasteiger partial charge in [0.25, 0.3) is 0 Å². The maximum absolute atomic E-state index is 11.9. The largest absolute Gasteiger partial charge is 0.507 e. The van der Waals surface area contributed by atoms with Crippen LogP contribution in [0.4, 0.5) is 0 Å². The first-order valence-corrected chi connectivity index (χ1v) is 7.26. The summed E-state index contributed by atoms with van der Waals surface area (Å²) in [6, 6.07) is 1.59. The highest BCUT2D eigenvalue weighted by molar-refractivity contribution is 6.00. The summed E-state index contributed by atoms with van der Waals surface area (Å²) >= 11 is 0. The van der Waals surface area contributed by atoms with E-state index in [2.05, 4.69) is 0 Å². The van der Waals surface area contributed by atoms with Crippen LogP contribution in [0, 0.1) is 0 Å². The predicted molar refractivity (Wildman–Crippen MR) is 82.1 cm³/mol. The molecule has 1 fully saturated rings. The van der Waals surface area contributed by atoms with Crippen LogP contribution in [0.25, 0.3) is 0 Å². The highest BCUT2D eigenvalue weighted by Crippen LogP contribution is 2.45. The molecule has 1 saturated heterocycles. The summed E-state index contributed by atoms with van der Waals surface area (Å²) in [6.07, 6.45) is 0.0392. The van der Waals surface area contributed by atoms with Gasteiger partial charge in [-0.2, -0.15) is 0 Å². The lowest BCUT2D eigenvalue weighted by Gasteiger charge is -2.35. The molecule has 6 heteroatoms. The first kappa shape index (κ1) is 16.6. The van der Waals surface area contributed by atoms with E-state index in [4.69, 9.17) is 9.47 Å². The van der Waals surface area contributed by atoms with Gasteiger partial charge in [0, 0.05) is 24.1 Å². The Bertz CT molecular complexity index is 572. The van der Waals surface area contributed by atoms with Crippen molar-refractivity contribution in [2.24, 2.45) is 0 Å². The van der Waals surface area contributed by atoms with Gasteiger partial charge < -0.3 is 24.6 Å². The van der Waals surface area contributed by atoms with E-state index in [1.54, 1.807) is 6.07 Å². The van der Waals surface area contributed by atoms with Crippen LogP contribution < -0.4 is 9.47 Å². The molecule has 1 aromatic carbocycles. The molecule has 1 aliphatic heterocycles. The molecule has 0 bridgehead atoms. The van der Waals surface area contributed by atoms with Gasteiger partial charge in [-0.05, 0) is 26.9 Å². The van der Waals surface area contributed by atoms with E-state index in [0.29, 0.717) is 24.3 Å².